The van der Waals surface area contributed by atoms with Crippen molar-refractivity contribution < 1.29 is 41.0 Å². The van der Waals surface area contributed by atoms with Crippen LogP contribution < -0.4 is 19.5 Å². The highest BCUT2D eigenvalue weighted by molar-refractivity contribution is 6.01. The van der Waals surface area contributed by atoms with Crippen molar-refractivity contribution in [3.63, 3.8) is 0 Å². The zero-order chi connectivity index (χ0) is 23.8. The first kappa shape index (κ1) is 22.6. The zero-order valence-corrected chi connectivity index (χ0v) is 17.2. The minimum Gasteiger partial charge on any atom is -0.496 e. The Morgan fingerprint density at radius 3 is 2.61 bits per heavy atom. The van der Waals surface area contributed by atoms with E-state index >= 15 is 0 Å². The molecule has 33 heavy (non-hydrogen) atoms. The molecule has 1 aliphatic rings. The van der Waals surface area contributed by atoms with Crippen molar-refractivity contribution >= 4 is 11.6 Å². The Morgan fingerprint density at radius 1 is 1.24 bits per heavy atom. The van der Waals surface area contributed by atoms with Gasteiger partial charge >= 0.3 is 12.8 Å². The number of nitrogens with zero attached hydrogens (tertiary/aromatic N) is 2. The summed E-state index contributed by atoms with van der Waals surface area (Å²) in [4.78, 5) is 16.8. The van der Waals surface area contributed by atoms with Crippen molar-refractivity contribution in [1.29, 1.82) is 0 Å². The van der Waals surface area contributed by atoms with Crippen molar-refractivity contribution in [2.75, 3.05) is 13.7 Å². The minimum atomic E-state index is -4.49. The number of pyridine rings is 1. The van der Waals surface area contributed by atoms with Gasteiger partial charge in [-0.1, -0.05) is 0 Å². The number of amides is 1. The van der Waals surface area contributed by atoms with E-state index in [0.29, 0.717) is 11.3 Å². The molecule has 0 aliphatic heterocycles. The summed E-state index contributed by atoms with van der Waals surface area (Å²) in [6, 6.07) is 5.33. The number of nitrogens with one attached hydrogen (secondary N) is 1. The molecule has 7 nitrogen and oxygen atoms in total. The van der Waals surface area contributed by atoms with Gasteiger partial charge in [-0.2, -0.15) is 22.0 Å². The summed E-state index contributed by atoms with van der Waals surface area (Å²) in [5.41, 5.74) is 0.835. The third-order valence-corrected chi connectivity index (χ3v) is 4.82. The molecule has 3 aromatic rings. The summed E-state index contributed by atoms with van der Waals surface area (Å²) in [6.45, 7) is -4.64. The normalized spacial score (nSPS) is 13.9. The van der Waals surface area contributed by atoms with Gasteiger partial charge in [-0.05, 0) is 31.0 Å². The molecule has 1 saturated carbocycles. The number of benzene rings is 1. The molecule has 1 N–H and O–H groups in total. The molecule has 2 aromatic heterocycles. The SMILES string of the molecule is COc1cc(-c2cnc3cc(OCC(F)(F)F)ccn23)cc(OC(F)F)c1C(=O)NC1CC1. The summed E-state index contributed by atoms with van der Waals surface area (Å²) >= 11 is 0. The molecule has 0 atom stereocenters. The lowest BCUT2D eigenvalue weighted by molar-refractivity contribution is -0.153. The van der Waals surface area contributed by atoms with Crippen LogP contribution in [0.15, 0.2) is 36.7 Å². The highest BCUT2D eigenvalue weighted by Crippen LogP contribution is 2.37. The molecule has 176 valence electrons. The Labute approximate surface area is 184 Å². The molecule has 12 heteroatoms. The number of halogens is 5. The largest absolute Gasteiger partial charge is 0.496 e. The Balaban J connectivity index is 1.72. The Hall–Kier alpha value is -3.57. The molecular formula is C21H18F5N3O4. The molecule has 0 unspecified atom stereocenters. The number of alkyl halides is 5. The fraction of sp³-hybridized carbons (Fsp3) is 0.333. The number of hydrogen-bond acceptors (Lipinski definition) is 5. The second-order valence-corrected chi connectivity index (χ2v) is 7.32. The fourth-order valence-electron chi connectivity index (χ4n) is 3.23. The number of aromatic nitrogens is 2. The molecule has 1 amide bonds. The van der Waals surface area contributed by atoms with Crippen LogP contribution in [-0.4, -0.2) is 47.8 Å². The van der Waals surface area contributed by atoms with Crippen LogP contribution in [-0.2, 0) is 0 Å². The lowest BCUT2D eigenvalue weighted by Gasteiger charge is -2.16. The topological polar surface area (TPSA) is 74.1 Å². The zero-order valence-electron chi connectivity index (χ0n) is 17.2. The molecule has 0 bridgehead atoms. The number of hydrogen-bond donors (Lipinski definition) is 1. The number of ether oxygens (including phenoxy) is 3. The maximum absolute atomic E-state index is 13.1. The number of imidazole rings is 1. The molecule has 0 spiro atoms. The number of methoxy groups -OCH3 is 1. The summed E-state index contributed by atoms with van der Waals surface area (Å²) in [5, 5.41) is 2.72. The van der Waals surface area contributed by atoms with E-state index in [4.69, 9.17) is 9.47 Å². The van der Waals surface area contributed by atoms with E-state index < -0.39 is 25.3 Å². The van der Waals surface area contributed by atoms with Gasteiger partial charge in [-0.3, -0.25) is 9.20 Å². The average molecular weight is 471 g/mol. The van der Waals surface area contributed by atoms with Gasteiger partial charge in [0.25, 0.3) is 5.91 Å². The quantitative estimate of drug-likeness (QED) is 0.492. The van der Waals surface area contributed by atoms with E-state index in [-0.39, 0.29) is 34.5 Å². The Morgan fingerprint density at radius 2 is 1.97 bits per heavy atom. The predicted octanol–water partition coefficient (Wildman–Crippen LogP) is 4.44. The van der Waals surface area contributed by atoms with E-state index in [2.05, 4.69) is 15.0 Å². The van der Waals surface area contributed by atoms with Crippen LogP contribution in [0.4, 0.5) is 22.0 Å². The maximum atomic E-state index is 13.1. The third kappa shape index (κ3) is 5.26. The van der Waals surface area contributed by atoms with Gasteiger partial charge in [0.2, 0.25) is 0 Å². The smallest absolute Gasteiger partial charge is 0.422 e. The van der Waals surface area contributed by atoms with E-state index in [1.807, 2.05) is 0 Å². The first-order valence-electron chi connectivity index (χ1n) is 9.79. The van der Waals surface area contributed by atoms with Gasteiger partial charge in [0.1, 0.15) is 28.5 Å². The first-order chi connectivity index (χ1) is 15.6. The fourth-order valence-corrected chi connectivity index (χ4v) is 3.23. The van der Waals surface area contributed by atoms with Crippen LogP contribution in [0, 0.1) is 0 Å². The lowest BCUT2D eigenvalue weighted by Crippen LogP contribution is -2.26. The average Bonchev–Trinajstić information content (AvgIpc) is 3.45. The number of carbonyl (C=O) groups excluding carboxylic acids is 1. The first-order valence-corrected chi connectivity index (χ1v) is 9.79. The Bertz CT molecular complexity index is 1170. The van der Waals surface area contributed by atoms with Crippen LogP contribution in [0.5, 0.6) is 17.2 Å². The monoisotopic (exact) mass is 471 g/mol. The summed E-state index contributed by atoms with van der Waals surface area (Å²) in [7, 11) is 1.29. The van der Waals surface area contributed by atoms with E-state index in [0.717, 1.165) is 12.8 Å². The predicted molar refractivity (Wildman–Crippen MR) is 106 cm³/mol. The second kappa shape index (κ2) is 8.75. The van der Waals surface area contributed by atoms with Crippen LogP contribution >= 0.6 is 0 Å². The maximum Gasteiger partial charge on any atom is 0.422 e. The van der Waals surface area contributed by atoms with Gasteiger partial charge in [-0.25, -0.2) is 4.98 Å². The molecular weight excluding hydrogens is 453 g/mol. The molecule has 4 rings (SSSR count). The van der Waals surface area contributed by atoms with Gasteiger partial charge in [0.15, 0.2) is 6.61 Å². The summed E-state index contributed by atoms with van der Waals surface area (Å²) in [5.74, 6) is -0.997. The standard InChI is InChI=1S/C21H18F5N3O4/c1-31-15-6-11(7-16(33-20(22)23)18(15)19(30)28-12-2-3-12)14-9-27-17-8-13(4-5-29(14)17)32-10-21(24,25)26/h4-9,12,20H,2-3,10H2,1H3,(H,28,30). The number of fused-ring (bicyclic) bond motifs is 1. The van der Waals surface area contributed by atoms with Crippen molar-refractivity contribution in [3.05, 3.63) is 42.2 Å². The van der Waals surface area contributed by atoms with Crippen molar-refractivity contribution in [1.82, 2.24) is 14.7 Å². The van der Waals surface area contributed by atoms with Crippen LogP contribution in [0.1, 0.15) is 23.2 Å². The van der Waals surface area contributed by atoms with Crippen LogP contribution in [0.2, 0.25) is 0 Å². The lowest BCUT2D eigenvalue weighted by atomic mass is 10.1. The van der Waals surface area contributed by atoms with Crippen molar-refractivity contribution in [3.8, 4) is 28.5 Å². The summed E-state index contributed by atoms with van der Waals surface area (Å²) < 4.78 is 79.5. The molecule has 1 aromatic carbocycles. The van der Waals surface area contributed by atoms with E-state index in [1.54, 1.807) is 0 Å². The van der Waals surface area contributed by atoms with Crippen LogP contribution in [0.25, 0.3) is 16.9 Å². The van der Waals surface area contributed by atoms with Crippen molar-refractivity contribution in [2.45, 2.75) is 31.7 Å². The Kier molecular flexibility index (Phi) is 6.00. The van der Waals surface area contributed by atoms with Gasteiger partial charge in [0, 0.05) is 23.9 Å². The van der Waals surface area contributed by atoms with Gasteiger partial charge in [-0.15, -0.1) is 0 Å². The molecule has 2 heterocycles. The third-order valence-electron chi connectivity index (χ3n) is 4.82. The highest BCUT2D eigenvalue weighted by Gasteiger charge is 2.30. The van der Waals surface area contributed by atoms with E-state index in [1.165, 1.54) is 48.2 Å². The second-order valence-electron chi connectivity index (χ2n) is 7.32. The van der Waals surface area contributed by atoms with Crippen LogP contribution in [0.3, 0.4) is 0 Å². The van der Waals surface area contributed by atoms with Gasteiger partial charge < -0.3 is 19.5 Å². The highest BCUT2D eigenvalue weighted by atomic mass is 19.4. The van der Waals surface area contributed by atoms with Crippen molar-refractivity contribution in [2.24, 2.45) is 0 Å². The molecule has 1 fully saturated rings. The molecule has 0 radical (unpaired) electrons. The van der Waals surface area contributed by atoms with E-state index in [9.17, 15) is 26.7 Å². The number of carbonyl (C=O) groups is 1. The molecule has 1 aliphatic carbocycles. The molecule has 0 saturated heterocycles. The van der Waals surface area contributed by atoms with Gasteiger partial charge in [0.05, 0.1) is 19.0 Å². The minimum absolute atomic E-state index is 0.0152. The number of rotatable bonds is 8. The summed E-state index contributed by atoms with van der Waals surface area (Å²) in [6.07, 6.45) is -0.0653.